The second-order valence-electron chi connectivity index (χ2n) is 7.55. The van der Waals surface area contributed by atoms with Crippen molar-refractivity contribution in [3.63, 3.8) is 0 Å². The van der Waals surface area contributed by atoms with Crippen LogP contribution < -0.4 is 5.32 Å². The van der Waals surface area contributed by atoms with Crippen molar-refractivity contribution in [3.8, 4) is 11.3 Å². The SMILES string of the molecule is CN=C(NC=O)C(=NC(=N)c1ccc(-c2ccc(S(=O)(=O)N3CCOCC3)cc2)o1)C(=O)N(C)C. The first-order chi connectivity index (χ1) is 16.7. The van der Waals surface area contributed by atoms with E-state index in [1.54, 1.807) is 18.2 Å². The molecule has 0 bridgehead atoms. The van der Waals surface area contributed by atoms with Crippen LogP contribution in [0.5, 0.6) is 0 Å². The number of carbonyl (C=O) groups excluding carboxylic acids is 2. The number of sulfonamides is 1. The number of carbonyl (C=O) groups is 2. The van der Waals surface area contributed by atoms with E-state index >= 15 is 0 Å². The highest BCUT2D eigenvalue weighted by Crippen LogP contribution is 2.25. The van der Waals surface area contributed by atoms with Crippen molar-refractivity contribution in [2.75, 3.05) is 47.4 Å². The third kappa shape index (κ3) is 5.88. The summed E-state index contributed by atoms with van der Waals surface area (Å²) in [6.45, 7) is 1.33. The highest BCUT2D eigenvalue weighted by Gasteiger charge is 2.26. The monoisotopic (exact) mass is 502 g/mol. The van der Waals surface area contributed by atoms with Crippen molar-refractivity contribution in [1.82, 2.24) is 14.5 Å². The molecular weight excluding hydrogens is 476 g/mol. The van der Waals surface area contributed by atoms with E-state index in [1.807, 2.05) is 0 Å². The molecule has 0 spiro atoms. The average Bonchev–Trinajstić information content (AvgIpc) is 3.36. The lowest BCUT2D eigenvalue weighted by molar-refractivity contribution is -0.121. The molecule has 2 N–H and O–H groups in total. The molecule has 1 saturated heterocycles. The summed E-state index contributed by atoms with van der Waals surface area (Å²) >= 11 is 0. The Kier molecular flexibility index (Phi) is 8.27. The lowest BCUT2D eigenvalue weighted by Gasteiger charge is -2.26. The Hall–Kier alpha value is -3.68. The van der Waals surface area contributed by atoms with Gasteiger partial charge in [-0.25, -0.2) is 13.4 Å². The van der Waals surface area contributed by atoms with Gasteiger partial charge in [0, 0.05) is 39.8 Å². The van der Waals surface area contributed by atoms with Crippen LogP contribution in [-0.2, 0) is 24.3 Å². The zero-order valence-electron chi connectivity index (χ0n) is 19.5. The normalized spacial score (nSPS) is 15.5. The molecule has 186 valence electrons. The van der Waals surface area contributed by atoms with Crippen LogP contribution in [-0.4, -0.2) is 94.8 Å². The number of morpholine rings is 1. The number of rotatable bonds is 7. The maximum Gasteiger partial charge on any atom is 0.275 e. The summed E-state index contributed by atoms with van der Waals surface area (Å²) < 4.78 is 37.9. The Labute approximate surface area is 202 Å². The highest BCUT2D eigenvalue weighted by molar-refractivity contribution is 7.89. The maximum atomic E-state index is 12.8. The van der Waals surface area contributed by atoms with Gasteiger partial charge in [0.05, 0.1) is 18.1 Å². The molecule has 3 rings (SSSR count). The van der Waals surface area contributed by atoms with Crippen LogP contribution in [0.15, 0.2) is 55.7 Å². The van der Waals surface area contributed by atoms with Crippen molar-refractivity contribution in [2.45, 2.75) is 4.90 Å². The van der Waals surface area contributed by atoms with Gasteiger partial charge in [-0.3, -0.25) is 20.0 Å². The molecule has 0 atom stereocenters. The molecule has 1 aromatic carbocycles. The van der Waals surface area contributed by atoms with Gasteiger partial charge in [0.25, 0.3) is 5.91 Å². The van der Waals surface area contributed by atoms with E-state index in [0.717, 1.165) is 0 Å². The van der Waals surface area contributed by atoms with Gasteiger partial charge >= 0.3 is 0 Å². The average molecular weight is 503 g/mol. The van der Waals surface area contributed by atoms with E-state index < -0.39 is 15.9 Å². The van der Waals surface area contributed by atoms with E-state index in [1.165, 1.54) is 48.5 Å². The minimum Gasteiger partial charge on any atom is -0.453 e. The van der Waals surface area contributed by atoms with Crippen molar-refractivity contribution < 1.29 is 27.2 Å². The van der Waals surface area contributed by atoms with Crippen LogP contribution in [0, 0.1) is 5.41 Å². The molecule has 0 unspecified atom stereocenters. The number of benzene rings is 1. The number of hydrogen-bond acceptors (Lipinski definition) is 8. The molecule has 1 aliphatic heterocycles. The van der Waals surface area contributed by atoms with Gasteiger partial charge in [-0.05, 0) is 36.4 Å². The molecule has 13 heteroatoms. The van der Waals surface area contributed by atoms with E-state index in [4.69, 9.17) is 14.6 Å². The second kappa shape index (κ2) is 11.2. The molecule has 1 aromatic heterocycles. The Bertz CT molecular complexity index is 1260. The van der Waals surface area contributed by atoms with Gasteiger partial charge in [-0.2, -0.15) is 4.31 Å². The van der Waals surface area contributed by atoms with Gasteiger partial charge in [0.1, 0.15) is 5.76 Å². The van der Waals surface area contributed by atoms with Gasteiger partial charge in [0.15, 0.2) is 23.1 Å². The zero-order chi connectivity index (χ0) is 25.6. The summed E-state index contributed by atoms with van der Waals surface area (Å²) in [7, 11) is 0.763. The summed E-state index contributed by atoms with van der Waals surface area (Å²) in [5.74, 6) is -0.565. The largest absolute Gasteiger partial charge is 0.453 e. The summed E-state index contributed by atoms with van der Waals surface area (Å²) in [6.07, 6.45) is 0.359. The first-order valence-electron chi connectivity index (χ1n) is 10.5. The number of nitrogens with one attached hydrogen (secondary N) is 2. The van der Waals surface area contributed by atoms with Crippen LogP contribution >= 0.6 is 0 Å². The summed E-state index contributed by atoms with van der Waals surface area (Å²) in [4.78, 5) is 32.7. The van der Waals surface area contributed by atoms with Crippen molar-refractivity contribution in [2.24, 2.45) is 9.98 Å². The molecule has 2 amide bonds. The number of nitrogens with zero attached hydrogens (tertiary/aromatic N) is 4. The predicted octanol–water partition coefficient (Wildman–Crippen LogP) is 0.596. The maximum absolute atomic E-state index is 12.8. The zero-order valence-corrected chi connectivity index (χ0v) is 20.3. The Balaban J connectivity index is 1.84. The molecule has 0 aliphatic carbocycles. The van der Waals surface area contributed by atoms with Crippen molar-refractivity contribution in [1.29, 1.82) is 5.41 Å². The lowest BCUT2D eigenvalue weighted by Crippen LogP contribution is -2.41. The quantitative estimate of drug-likeness (QED) is 0.321. The smallest absolute Gasteiger partial charge is 0.275 e. The number of ether oxygens (including phenoxy) is 1. The molecule has 0 saturated carbocycles. The first kappa shape index (κ1) is 25.9. The van der Waals surface area contributed by atoms with Crippen molar-refractivity contribution >= 4 is 39.7 Å². The molecule has 1 fully saturated rings. The number of amidine groups is 2. The molecular formula is C22H26N6O6S. The fraction of sp³-hybridized carbons (Fsp3) is 0.318. The number of amides is 2. The topological polar surface area (TPSA) is 158 Å². The standard InChI is InChI=1S/C22H26N6O6S/c1-24-21(25-14-29)19(22(30)27(2)3)26-20(23)18-9-8-17(34-18)15-4-6-16(7-5-15)35(31,32)28-10-12-33-13-11-28/h4-9,14,23H,10-13H2,1-3H3,(H,24,25,29). The van der Waals surface area contributed by atoms with Crippen LogP contribution in [0.1, 0.15) is 5.76 Å². The van der Waals surface area contributed by atoms with Gasteiger partial charge < -0.3 is 19.4 Å². The van der Waals surface area contributed by atoms with E-state index in [0.29, 0.717) is 44.0 Å². The second-order valence-corrected chi connectivity index (χ2v) is 9.49. The van der Waals surface area contributed by atoms with E-state index in [9.17, 15) is 18.0 Å². The molecule has 1 aliphatic rings. The number of hydrogen-bond donors (Lipinski definition) is 2. The number of furan rings is 1. The van der Waals surface area contributed by atoms with Gasteiger partial charge in [-0.1, -0.05) is 0 Å². The van der Waals surface area contributed by atoms with Gasteiger partial charge in [0.2, 0.25) is 16.4 Å². The highest BCUT2D eigenvalue weighted by atomic mass is 32.2. The van der Waals surface area contributed by atoms with Crippen LogP contribution in [0.4, 0.5) is 0 Å². The van der Waals surface area contributed by atoms with Gasteiger partial charge in [-0.15, -0.1) is 0 Å². The molecule has 2 heterocycles. The fourth-order valence-corrected chi connectivity index (χ4v) is 4.63. The van der Waals surface area contributed by atoms with E-state index in [-0.39, 0.29) is 28.0 Å². The number of aliphatic imine (C=N–C) groups is 2. The van der Waals surface area contributed by atoms with Crippen LogP contribution in [0.25, 0.3) is 11.3 Å². The summed E-state index contributed by atoms with van der Waals surface area (Å²) in [6, 6.07) is 9.33. The fourth-order valence-electron chi connectivity index (χ4n) is 3.22. The summed E-state index contributed by atoms with van der Waals surface area (Å²) in [5.41, 5.74) is 0.363. The Morgan fingerprint density at radius 1 is 1.14 bits per heavy atom. The molecule has 35 heavy (non-hydrogen) atoms. The third-order valence-electron chi connectivity index (χ3n) is 5.06. The Morgan fingerprint density at radius 3 is 2.37 bits per heavy atom. The summed E-state index contributed by atoms with van der Waals surface area (Å²) in [5, 5.41) is 10.6. The Morgan fingerprint density at radius 2 is 1.80 bits per heavy atom. The van der Waals surface area contributed by atoms with E-state index in [2.05, 4.69) is 15.3 Å². The van der Waals surface area contributed by atoms with Crippen LogP contribution in [0.2, 0.25) is 0 Å². The molecule has 2 aromatic rings. The lowest BCUT2D eigenvalue weighted by atomic mass is 10.2. The minimum atomic E-state index is -3.62. The predicted molar refractivity (Wildman–Crippen MR) is 129 cm³/mol. The van der Waals surface area contributed by atoms with Crippen LogP contribution in [0.3, 0.4) is 0 Å². The molecule has 12 nitrogen and oxygen atoms in total. The third-order valence-corrected chi connectivity index (χ3v) is 6.97. The van der Waals surface area contributed by atoms with Crippen molar-refractivity contribution in [3.05, 3.63) is 42.2 Å². The first-order valence-corrected chi connectivity index (χ1v) is 12.0. The molecule has 0 radical (unpaired) electrons. The minimum absolute atomic E-state index is 0.0654.